The summed E-state index contributed by atoms with van der Waals surface area (Å²) in [6.07, 6.45) is -5.82. The number of fused-ring (bicyclic) bond motifs is 1. The highest BCUT2D eigenvalue weighted by molar-refractivity contribution is 5.39. The van der Waals surface area contributed by atoms with Gasteiger partial charge in [-0.3, -0.25) is 0 Å². The van der Waals surface area contributed by atoms with Gasteiger partial charge in [-0.25, -0.2) is 0 Å². The van der Waals surface area contributed by atoms with Gasteiger partial charge in [-0.15, -0.1) is 0 Å². The van der Waals surface area contributed by atoms with Gasteiger partial charge >= 0.3 is 12.4 Å². The molecule has 0 spiro atoms. The van der Waals surface area contributed by atoms with Crippen molar-refractivity contribution in [2.75, 3.05) is 26.5 Å². The lowest BCUT2D eigenvalue weighted by Gasteiger charge is -2.38. The minimum atomic E-state index is -4.40. The molecule has 150 valence electrons. The van der Waals surface area contributed by atoms with E-state index >= 15 is 0 Å². The third kappa shape index (κ3) is 5.52. The first kappa shape index (κ1) is 19.8. The summed E-state index contributed by atoms with van der Waals surface area (Å²) in [5.74, 6) is 0.528. The maximum Gasteiger partial charge on any atom is 0.411 e. The SMILES string of the molecule is FC(F)(F)COCN1CC=CN1[C@H]1COc2ccc(CC(F)(F)F)cc2C1. The second kappa shape index (κ2) is 7.59. The van der Waals surface area contributed by atoms with Gasteiger partial charge < -0.3 is 14.5 Å². The predicted octanol–water partition coefficient (Wildman–Crippen LogP) is 3.68. The molecule has 0 bridgehead atoms. The Morgan fingerprint density at radius 3 is 2.59 bits per heavy atom. The van der Waals surface area contributed by atoms with Crippen LogP contribution < -0.4 is 4.74 Å². The average molecular weight is 396 g/mol. The fourth-order valence-electron chi connectivity index (χ4n) is 3.15. The number of hydrazine groups is 1. The lowest BCUT2D eigenvalue weighted by Crippen LogP contribution is -2.48. The summed E-state index contributed by atoms with van der Waals surface area (Å²) in [5.41, 5.74) is 0.789. The van der Waals surface area contributed by atoms with E-state index in [1.165, 1.54) is 18.2 Å². The van der Waals surface area contributed by atoms with Crippen molar-refractivity contribution in [3.8, 4) is 5.75 Å². The van der Waals surface area contributed by atoms with E-state index in [1.807, 2.05) is 0 Å². The second-order valence-electron chi connectivity index (χ2n) is 6.45. The Morgan fingerprint density at radius 2 is 1.89 bits per heavy atom. The Labute approximate surface area is 151 Å². The van der Waals surface area contributed by atoms with Crippen LogP contribution in [0.1, 0.15) is 11.1 Å². The van der Waals surface area contributed by atoms with Gasteiger partial charge in [0, 0.05) is 19.2 Å². The third-order valence-corrected chi connectivity index (χ3v) is 4.20. The van der Waals surface area contributed by atoms with Crippen LogP contribution in [0.4, 0.5) is 26.3 Å². The first-order valence-electron chi connectivity index (χ1n) is 8.26. The molecule has 2 aliphatic rings. The number of nitrogens with zero attached hydrogens (tertiary/aromatic N) is 2. The van der Waals surface area contributed by atoms with Gasteiger partial charge in [0.15, 0.2) is 0 Å². The average Bonchev–Trinajstić information content (AvgIpc) is 3.00. The third-order valence-electron chi connectivity index (χ3n) is 4.20. The molecule has 1 aromatic rings. The van der Waals surface area contributed by atoms with E-state index < -0.39 is 25.4 Å². The monoisotopic (exact) mass is 396 g/mol. The Hall–Kier alpha value is -1.94. The van der Waals surface area contributed by atoms with Crippen LogP contribution in [0.5, 0.6) is 5.75 Å². The first-order chi connectivity index (χ1) is 12.6. The molecule has 1 aromatic carbocycles. The topological polar surface area (TPSA) is 24.9 Å². The molecule has 0 aromatic heterocycles. The van der Waals surface area contributed by atoms with E-state index in [0.717, 1.165) is 0 Å². The van der Waals surface area contributed by atoms with E-state index in [4.69, 9.17) is 9.47 Å². The zero-order valence-electron chi connectivity index (χ0n) is 14.2. The fraction of sp³-hybridized carbons (Fsp3) is 0.529. The first-order valence-corrected chi connectivity index (χ1v) is 8.26. The predicted molar refractivity (Wildman–Crippen MR) is 83.7 cm³/mol. The number of hydrogen-bond donors (Lipinski definition) is 0. The van der Waals surface area contributed by atoms with E-state index in [-0.39, 0.29) is 24.9 Å². The lowest BCUT2D eigenvalue weighted by atomic mass is 9.99. The number of hydrogen-bond acceptors (Lipinski definition) is 4. The summed E-state index contributed by atoms with van der Waals surface area (Å²) in [7, 11) is 0. The molecule has 3 rings (SSSR count). The van der Waals surface area contributed by atoms with Crippen LogP contribution in [-0.4, -0.2) is 54.9 Å². The van der Waals surface area contributed by atoms with E-state index in [0.29, 0.717) is 24.3 Å². The molecule has 27 heavy (non-hydrogen) atoms. The fourth-order valence-corrected chi connectivity index (χ4v) is 3.15. The van der Waals surface area contributed by atoms with Gasteiger partial charge in [-0.1, -0.05) is 18.2 Å². The highest BCUT2D eigenvalue weighted by Gasteiger charge is 2.33. The van der Waals surface area contributed by atoms with Gasteiger partial charge in [0.2, 0.25) is 0 Å². The van der Waals surface area contributed by atoms with Gasteiger partial charge in [0.25, 0.3) is 0 Å². The van der Waals surface area contributed by atoms with Crippen LogP contribution in [0, 0.1) is 0 Å². The Balaban J connectivity index is 1.63. The van der Waals surface area contributed by atoms with Crippen LogP contribution in [0.25, 0.3) is 0 Å². The van der Waals surface area contributed by atoms with Gasteiger partial charge in [0.05, 0.1) is 12.5 Å². The molecule has 1 atom stereocenters. The number of benzene rings is 1. The molecular weight excluding hydrogens is 378 g/mol. The molecule has 0 saturated heterocycles. The van der Waals surface area contributed by atoms with Crippen LogP contribution >= 0.6 is 0 Å². The summed E-state index contributed by atoms with van der Waals surface area (Å²) in [6, 6.07) is 4.14. The molecule has 0 saturated carbocycles. The minimum Gasteiger partial charge on any atom is -0.491 e. The molecule has 0 aliphatic carbocycles. The Kier molecular flexibility index (Phi) is 5.57. The van der Waals surface area contributed by atoms with Crippen molar-refractivity contribution in [3.05, 3.63) is 41.6 Å². The van der Waals surface area contributed by atoms with Crippen molar-refractivity contribution in [2.45, 2.75) is 31.2 Å². The quantitative estimate of drug-likeness (QED) is 0.709. The normalized spacial score (nSPS) is 20.7. The number of halogens is 6. The summed E-state index contributed by atoms with van der Waals surface area (Å²) in [6.45, 7) is -0.937. The number of ether oxygens (including phenoxy) is 2. The van der Waals surface area contributed by atoms with Crippen molar-refractivity contribution in [2.24, 2.45) is 0 Å². The van der Waals surface area contributed by atoms with E-state index in [2.05, 4.69) is 0 Å². The van der Waals surface area contributed by atoms with Crippen molar-refractivity contribution in [1.82, 2.24) is 10.0 Å². The van der Waals surface area contributed by atoms with Crippen molar-refractivity contribution in [3.63, 3.8) is 0 Å². The number of alkyl halides is 6. The highest BCUT2D eigenvalue weighted by atomic mass is 19.4. The minimum absolute atomic E-state index is 0.146. The van der Waals surface area contributed by atoms with Gasteiger partial charge in [0.1, 0.15) is 25.7 Å². The van der Waals surface area contributed by atoms with E-state index in [9.17, 15) is 26.3 Å². The Morgan fingerprint density at radius 1 is 1.11 bits per heavy atom. The summed E-state index contributed by atoms with van der Waals surface area (Å²) in [4.78, 5) is 0. The van der Waals surface area contributed by atoms with Gasteiger partial charge in [-0.05, 0) is 17.2 Å². The van der Waals surface area contributed by atoms with Crippen LogP contribution in [-0.2, 0) is 17.6 Å². The molecule has 10 heteroatoms. The zero-order valence-corrected chi connectivity index (χ0v) is 14.2. The molecule has 0 unspecified atom stereocenters. The van der Waals surface area contributed by atoms with Crippen LogP contribution in [0.2, 0.25) is 0 Å². The molecule has 0 radical (unpaired) electrons. The van der Waals surface area contributed by atoms with Crippen molar-refractivity contribution >= 4 is 0 Å². The van der Waals surface area contributed by atoms with Crippen LogP contribution in [0.3, 0.4) is 0 Å². The lowest BCUT2D eigenvalue weighted by molar-refractivity contribution is -0.195. The second-order valence-corrected chi connectivity index (χ2v) is 6.45. The largest absolute Gasteiger partial charge is 0.491 e. The van der Waals surface area contributed by atoms with Crippen LogP contribution in [0.15, 0.2) is 30.5 Å². The maximum atomic E-state index is 12.6. The molecule has 0 amide bonds. The molecule has 4 nitrogen and oxygen atoms in total. The standard InChI is InChI=1S/C17H18F6N2O2/c18-16(19,20)8-12-2-3-15-13(6-12)7-14(9-27-15)25-5-1-4-24(25)11-26-10-17(21,22)23/h1-3,5-6,14H,4,7-11H2/t14-/m1/s1. The van der Waals surface area contributed by atoms with E-state index in [1.54, 1.807) is 22.3 Å². The molecule has 0 fully saturated rings. The Bertz CT molecular complexity index is 689. The highest BCUT2D eigenvalue weighted by Crippen LogP contribution is 2.31. The molecule has 2 heterocycles. The molecule has 0 N–H and O–H groups in total. The summed E-state index contributed by atoms with van der Waals surface area (Å²) >= 11 is 0. The maximum absolute atomic E-state index is 12.6. The van der Waals surface area contributed by atoms with Crippen molar-refractivity contribution < 1.29 is 35.8 Å². The molecular formula is C17H18F6N2O2. The van der Waals surface area contributed by atoms with Crippen molar-refractivity contribution in [1.29, 1.82) is 0 Å². The smallest absolute Gasteiger partial charge is 0.411 e. The summed E-state index contributed by atoms with van der Waals surface area (Å²) in [5, 5.41) is 3.31. The summed E-state index contributed by atoms with van der Waals surface area (Å²) < 4.78 is 84.8. The van der Waals surface area contributed by atoms with Gasteiger partial charge in [-0.2, -0.15) is 31.4 Å². The molecule has 2 aliphatic heterocycles. The zero-order chi connectivity index (χ0) is 19.7. The number of rotatable bonds is 5.